The highest BCUT2D eigenvalue weighted by atomic mass is 35.5. The maximum absolute atomic E-state index is 15.4. The van der Waals surface area contributed by atoms with Crippen LogP contribution in [0.15, 0.2) is 60.7 Å². The average Bonchev–Trinajstić information content (AvgIpc) is 2.90. The third kappa shape index (κ3) is 5.06. The van der Waals surface area contributed by atoms with Gasteiger partial charge in [-0.05, 0) is 71.9 Å². The number of fused-ring (bicyclic) bond motifs is 1. The van der Waals surface area contributed by atoms with Crippen molar-refractivity contribution in [3.8, 4) is 35.2 Å². The zero-order valence-corrected chi connectivity index (χ0v) is 20.8. The van der Waals surface area contributed by atoms with Crippen LogP contribution in [-0.4, -0.2) is 26.4 Å². The van der Waals surface area contributed by atoms with E-state index in [4.69, 9.17) is 21.1 Å². The van der Waals surface area contributed by atoms with Crippen molar-refractivity contribution in [3.05, 3.63) is 88.2 Å². The summed E-state index contributed by atoms with van der Waals surface area (Å²) in [4.78, 5) is 14.1. The number of hydrogen-bond donors (Lipinski definition) is 1. The Hall–Kier alpha value is -4.34. The molecule has 1 aliphatic rings. The van der Waals surface area contributed by atoms with Crippen molar-refractivity contribution < 1.29 is 31.8 Å². The molecule has 10 heteroatoms. The first kappa shape index (κ1) is 26.7. The van der Waals surface area contributed by atoms with Crippen LogP contribution in [0.2, 0.25) is 5.02 Å². The van der Waals surface area contributed by atoms with Crippen molar-refractivity contribution in [1.29, 1.82) is 0 Å². The van der Waals surface area contributed by atoms with Crippen LogP contribution in [0.5, 0.6) is 11.5 Å². The highest BCUT2D eigenvalue weighted by Gasteiger charge is 2.62. The first-order valence-electron chi connectivity index (χ1n) is 11.0. The Morgan fingerprint density at radius 2 is 1.55 bits per heavy atom. The maximum Gasteiger partial charge on any atom is 0.427 e. The summed E-state index contributed by atoms with van der Waals surface area (Å²) in [6, 6.07) is 14.1. The van der Waals surface area contributed by atoms with Crippen LogP contribution in [0.25, 0.3) is 0 Å². The summed E-state index contributed by atoms with van der Waals surface area (Å²) in [7, 11) is 2.97. The van der Waals surface area contributed by atoms with Gasteiger partial charge in [0.25, 0.3) is 0 Å². The van der Waals surface area contributed by atoms with E-state index in [1.54, 1.807) is 48.5 Å². The third-order valence-electron chi connectivity index (χ3n) is 5.81. The molecule has 0 bridgehead atoms. The Morgan fingerprint density at radius 3 is 2.13 bits per heavy atom. The number of ether oxygens (including phenoxy) is 2. The molecule has 1 N–H and O–H groups in total. The molecule has 0 unspecified atom stereocenters. The van der Waals surface area contributed by atoms with Crippen LogP contribution in [0.4, 0.5) is 28.0 Å². The summed E-state index contributed by atoms with van der Waals surface area (Å²) in [6.07, 6.45) is -5.22. The fourth-order valence-electron chi connectivity index (χ4n) is 3.87. The Balaban J connectivity index is 1.80. The van der Waals surface area contributed by atoms with Gasteiger partial charge >= 0.3 is 12.2 Å². The molecular weight excluding hydrogens is 524 g/mol. The molecule has 0 aromatic heterocycles. The van der Waals surface area contributed by atoms with E-state index in [1.165, 1.54) is 14.2 Å². The van der Waals surface area contributed by atoms with E-state index in [0.717, 1.165) is 17.0 Å². The topological polar surface area (TPSA) is 50.8 Å². The van der Waals surface area contributed by atoms with Gasteiger partial charge in [0.2, 0.25) is 5.54 Å². The highest BCUT2D eigenvalue weighted by molar-refractivity contribution is 6.31. The average molecular weight is 543 g/mol. The first-order chi connectivity index (χ1) is 18.1. The smallest absolute Gasteiger partial charge is 0.427 e. The number of carbonyl (C=O) groups is 1. The summed E-state index contributed by atoms with van der Waals surface area (Å²) in [5.41, 5.74) is -3.59. The molecule has 0 fully saturated rings. The molecule has 0 aliphatic carbocycles. The third-order valence-corrected chi connectivity index (χ3v) is 6.10. The number of halogens is 5. The Labute approximate surface area is 221 Å². The van der Waals surface area contributed by atoms with Crippen LogP contribution in [0, 0.1) is 29.5 Å². The van der Waals surface area contributed by atoms with Gasteiger partial charge in [0.05, 0.1) is 37.0 Å². The molecule has 0 saturated carbocycles. The zero-order valence-electron chi connectivity index (χ0n) is 20.0. The number of nitrogens with one attached hydrogen (secondary N) is 1. The lowest BCUT2D eigenvalue weighted by Gasteiger charge is -2.41. The number of nitrogens with zero attached hydrogens (tertiary/aromatic N) is 1. The molecule has 38 heavy (non-hydrogen) atoms. The second-order valence-electron chi connectivity index (χ2n) is 8.10. The van der Waals surface area contributed by atoms with Gasteiger partial charge in [-0.3, -0.25) is 4.90 Å². The van der Waals surface area contributed by atoms with Gasteiger partial charge in [0, 0.05) is 5.56 Å². The number of carbonyl (C=O) groups excluding carboxylic acids is 1. The van der Waals surface area contributed by atoms with Crippen molar-refractivity contribution in [2.24, 2.45) is 0 Å². The van der Waals surface area contributed by atoms with Crippen molar-refractivity contribution in [2.45, 2.75) is 18.3 Å². The zero-order chi connectivity index (χ0) is 27.5. The quantitative estimate of drug-likeness (QED) is 0.323. The van der Waals surface area contributed by atoms with Crippen LogP contribution >= 0.6 is 11.6 Å². The predicted octanol–water partition coefficient (Wildman–Crippen LogP) is 6.04. The lowest BCUT2D eigenvalue weighted by Crippen LogP contribution is -2.62. The molecule has 194 valence electrons. The molecule has 0 saturated heterocycles. The number of amides is 2. The Bertz CT molecular complexity index is 1480. The first-order valence-corrected chi connectivity index (χ1v) is 11.4. The van der Waals surface area contributed by atoms with Gasteiger partial charge in [0.15, 0.2) is 5.82 Å². The monoisotopic (exact) mass is 542 g/mol. The molecule has 3 aromatic carbocycles. The number of benzene rings is 3. The molecule has 5 nitrogen and oxygen atoms in total. The van der Waals surface area contributed by atoms with Crippen molar-refractivity contribution >= 4 is 23.3 Å². The number of rotatable bonds is 4. The van der Waals surface area contributed by atoms with E-state index in [-0.39, 0.29) is 12.2 Å². The lowest BCUT2D eigenvalue weighted by molar-refractivity contribution is -0.179. The van der Waals surface area contributed by atoms with Crippen LogP contribution in [-0.2, 0) is 12.1 Å². The molecule has 2 amide bonds. The fraction of sp³-hybridized carbons (Fsp3) is 0.179. The summed E-state index contributed by atoms with van der Waals surface area (Å²) in [5.74, 6) is 8.86. The highest BCUT2D eigenvalue weighted by Crippen LogP contribution is 2.48. The number of urea groups is 1. The summed E-state index contributed by atoms with van der Waals surface area (Å²) in [6.45, 7) is -0.150. The normalized spacial score (nSPS) is 16.3. The van der Waals surface area contributed by atoms with E-state index >= 15 is 4.39 Å². The minimum Gasteiger partial charge on any atom is -0.497 e. The second kappa shape index (κ2) is 10.6. The maximum atomic E-state index is 15.4. The largest absolute Gasteiger partial charge is 0.497 e. The van der Waals surface area contributed by atoms with Crippen molar-refractivity contribution in [1.82, 2.24) is 5.32 Å². The fourth-order valence-corrected chi connectivity index (χ4v) is 4.03. The summed E-state index contributed by atoms with van der Waals surface area (Å²) in [5, 5.41) is 1.33. The summed E-state index contributed by atoms with van der Waals surface area (Å²) < 4.78 is 69.3. The minimum absolute atomic E-state index is 0.150. The van der Waals surface area contributed by atoms with Crippen molar-refractivity contribution in [3.63, 3.8) is 0 Å². The van der Waals surface area contributed by atoms with E-state index in [2.05, 4.69) is 17.8 Å². The van der Waals surface area contributed by atoms with Crippen LogP contribution in [0.1, 0.15) is 16.7 Å². The van der Waals surface area contributed by atoms with Crippen molar-refractivity contribution in [2.75, 3.05) is 19.1 Å². The van der Waals surface area contributed by atoms with Crippen LogP contribution in [0.3, 0.4) is 0 Å². The molecule has 0 radical (unpaired) electrons. The van der Waals surface area contributed by atoms with Gasteiger partial charge in [-0.25, -0.2) is 9.18 Å². The lowest BCUT2D eigenvalue weighted by atomic mass is 9.85. The molecule has 3 aromatic rings. The molecule has 1 atom stereocenters. The molecule has 0 spiro atoms. The van der Waals surface area contributed by atoms with E-state index in [0.29, 0.717) is 22.6 Å². The Morgan fingerprint density at radius 1 is 0.947 bits per heavy atom. The van der Waals surface area contributed by atoms with E-state index < -0.39 is 34.1 Å². The standard InChI is InChI=1S/C28H19ClF4N2O3/c1-37-20-10-6-18(7-11-20)5-3-4-16-27(28(31,32)33)24-23(15-14-22(29)25(24)30)35(26(36)34-27)17-19-8-12-21(38-2)13-9-19/h6-15H,17H2,1-2H3,(H,34,36)/t27-/m1/s1. The second-order valence-corrected chi connectivity index (χ2v) is 8.50. The van der Waals surface area contributed by atoms with Gasteiger partial charge in [-0.1, -0.05) is 29.7 Å². The SMILES string of the molecule is COc1ccc(C#CC#C[C@@]2(C(F)(F)F)NC(=O)N(Cc3ccc(OC)cc3)c3ccc(Cl)c(F)c32)cc1. The number of hydrogen-bond acceptors (Lipinski definition) is 3. The van der Waals surface area contributed by atoms with E-state index in [1.807, 2.05) is 11.2 Å². The number of methoxy groups -OCH3 is 2. The van der Waals surface area contributed by atoms with Gasteiger partial charge in [-0.15, -0.1) is 0 Å². The number of anilines is 1. The van der Waals surface area contributed by atoms with E-state index in [9.17, 15) is 18.0 Å². The molecule has 4 rings (SSSR count). The number of alkyl halides is 3. The minimum atomic E-state index is -5.22. The summed E-state index contributed by atoms with van der Waals surface area (Å²) >= 11 is 5.89. The molecule has 1 heterocycles. The van der Waals surface area contributed by atoms with Crippen LogP contribution < -0.4 is 19.7 Å². The Kier molecular flexibility index (Phi) is 7.43. The molecular formula is C28H19ClF4N2O3. The predicted molar refractivity (Wildman–Crippen MR) is 134 cm³/mol. The van der Waals surface area contributed by atoms with Gasteiger partial charge < -0.3 is 14.8 Å². The van der Waals surface area contributed by atoms with Gasteiger partial charge in [-0.2, -0.15) is 13.2 Å². The van der Waals surface area contributed by atoms with Gasteiger partial charge in [0.1, 0.15) is 11.5 Å². The molecule has 1 aliphatic heterocycles.